The fourth-order valence-corrected chi connectivity index (χ4v) is 7.24. The average molecular weight is 374 g/mol. The predicted molar refractivity (Wildman–Crippen MR) is 99.6 cm³/mol. The van der Waals surface area contributed by atoms with Crippen LogP contribution in [0.3, 0.4) is 0 Å². The van der Waals surface area contributed by atoms with Crippen molar-refractivity contribution in [1.82, 2.24) is 0 Å². The van der Waals surface area contributed by atoms with Crippen LogP contribution < -0.4 is 0 Å². The molecule has 0 radical (unpaired) electrons. The molecule has 0 aromatic rings. The van der Waals surface area contributed by atoms with Gasteiger partial charge in [0, 0.05) is 16.7 Å². The van der Waals surface area contributed by atoms with Crippen LogP contribution in [0.25, 0.3) is 0 Å². The zero-order chi connectivity index (χ0) is 19.8. The smallest absolute Gasteiger partial charge is 0.190 e. The average Bonchev–Trinajstić information content (AvgIpc) is 2.87. The molecule has 3 fully saturated rings. The van der Waals surface area contributed by atoms with Crippen LogP contribution in [0.15, 0.2) is 23.8 Å². The molecule has 5 nitrogen and oxygen atoms in total. The van der Waals surface area contributed by atoms with Gasteiger partial charge in [-0.1, -0.05) is 32.4 Å². The van der Waals surface area contributed by atoms with E-state index >= 15 is 0 Å². The topological polar surface area (TPSA) is 94.8 Å². The molecule has 8 atom stereocenters. The summed E-state index contributed by atoms with van der Waals surface area (Å²) in [6.07, 6.45) is 6.79. The van der Waals surface area contributed by atoms with Gasteiger partial charge >= 0.3 is 0 Å². The van der Waals surface area contributed by atoms with Gasteiger partial charge in [-0.2, -0.15) is 0 Å². The lowest BCUT2D eigenvalue weighted by atomic mass is 9.44. The Kier molecular flexibility index (Phi) is 4.12. The second-order valence-corrected chi connectivity index (χ2v) is 9.75. The first-order valence-corrected chi connectivity index (χ1v) is 10.1. The molecule has 27 heavy (non-hydrogen) atoms. The van der Waals surface area contributed by atoms with E-state index in [9.17, 15) is 24.9 Å². The summed E-state index contributed by atoms with van der Waals surface area (Å²) in [5.74, 6) is -0.0605. The summed E-state index contributed by atoms with van der Waals surface area (Å²) in [6, 6.07) is 0. The van der Waals surface area contributed by atoms with Crippen molar-refractivity contribution in [3.05, 3.63) is 23.8 Å². The Morgan fingerprint density at radius 3 is 2.70 bits per heavy atom. The fraction of sp³-hybridized carbons (Fsp3) is 0.727. The highest BCUT2D eigenvalue weighted by atomic mass is 16.3. The first-order chi connectivity index (χ1) is 12.6. The summed E-state index contributed by atoms with van der Waals surface area (Å²) in [7, 11) is 0. The summed E-state index contributed by atoms with van der Waals surface area (Å²) in [4.78, 5) is 24.3. The van der Waals surface area contributed by atoms with E-state index in [0.717, 1.165) is 18.4 Å². The number of hydrogen-bond donors (Lipinski definition) is 3. The zero-order valence-electron chi connectivity index (χ0n) is 16.3. The molecule has 4 aliphatic carbocycles. The van der Waals surface area contributed by atoms with Crippen molar-refractivity contribution < 1.29 is 24.9 Å². The van der Waals surface area contributed by atoms with E-state index in [1.165, 1.54) is 0 Å². The minimum Gasteiger partial charge on any atom is -0.393 e. The van der Waals surface area contributed by atoms with Gasteiger partial charge in [-0.3, -0.25) is 9.59 Å². The van der Waals surface area contributed by atoms with Crippen LogP contribution in [0, 0.1) is 34.5 Å². The molecule has 0 bridgehead atoms. The van der Waals surface area contributed by atoms with Crippen LogP contribution in [0.5, 0.6) is 0 Å². The number of ketones is 2. The molecule has 0 aliphatic heterocycles. The Morgan fingerprint density at radius 1 is 1.33 bits per heavy atom. The Hall–Kier alpha value is -1.30. The van der Waals surface area contributed by atoms with Gasteiger partial charge in [0.15, 0.2) is 11.6 Å². The van der Waals surface area contributed by atoms with Crippen molar-refractivity contribution in [2.45, 2.75) is 58.2 Å². The molecule has 0 aromatic heterocycles. The molecule has 0 amide bonds. The van der Waals surface area contributed by atoms with E-state index in [0.29, 0.717) is 12.8 Å². The van der Waals surface area contributed by atoms with Gasteiger partial charge in [-0.05, 0) is 55.6 Å². The maximum absolute atomic E-state index is 12.4. The maximum Gasteiger partial charge on any atom is 0.190 e. The minimum absolute atomic E-state index is 0.00652. The van der Waals surface area contributed by atoms with Gasteiger partial charge in [0.05, 0.1) is 6.10 Å². The Labute approximate surface area is 160 Å². The Balaban J connectivity index is 1.79. The lowest BCUT2D eigenvalue weighted by Gasteiger charge is -2.61. The van der Waals surface area contributed by atoms with Crippen LogP contribution in [-0.4, -0.2) is 45.2 Å². The van der Waals surface area contributed by atoms with Crippen molar-refractivity contribution >= 4 is 11.6 Å². The molecular weight excluding hydrogens is 344 g/mol. The Morgan fingerprint density at radius 2 is 2.04 bits per heavy atom. The van der Waals surface area contributed by atoms with E-state index < -0.39 is 29.5 Å². The fourth-order valence-electron chi connectivity index (χ4n) is 7.24. The number of rotatable bonds is 2. The second kappa shape index (κ2) is 5.85. The summed E-state index contributed by atoms with van der Waals surface area (Å²) in [5.41, 5.74) is -1.60. The molecule has 3 saturated carbocycles. The third-order valence-corrected chi connectivity index (χ3v) is 8.61. The minimum atomic E-state index is -1.58. The van der Waals surface area contributed by atoms with Crippen molar-refractivity contribution in [1.29, 1.82) is 0 Å². The number of fused-ring (bicyclic) bond motifs is 5. The highest BCUT2D eigenvalue weighted by Crippen LogP contribution is 2.68. The van der Waals surface area contributed by atoms with Gasteiger partial charge in [0.1, 0.15) is 12.2 Å². The van der Waals surface area contributed by atoms with Crippen molar-refractivity contribution in [2.24, 2.45) is 34.5 Å². The second-order valence-electron chi connectivity index (χ2n) is 9.75. The maximum atomic E-state index is 12.4. The molecule has 3 N–H and O–H groups in total. The largest absolute Gasteiger partial charge is 0.393 e. The van der Waals surface area contributed by atoms with Crippen molar-refractivity contribution in [3.8, 4) is 0 Å². The number of Topliss-reactive ketones (excluding diaryl/α,β-unsaturated/α-hetero) is 1. The lowest BCUT2D eigenvalue weighted by Crippen LogP contribution is -2.63. The molecule has 0 saturated heterocycles. The monoisotopic (exact) mass is 374 g/mol. The van der Waals surface area contributed by atoms with Crippen molar-refractivity contribution in [2.75, 3.05) is 6.61 Å². The molecule has 148 valence electrons. The normalized spacial score (nSPS) is 51.3. The highest BCUT2D eigenvalue weighted by Gasteiger charge is 2.68. The summed E-state index contributed by atoms with van der Waals surface area (Å²) < 4.78 is 0. The van der Waals surface area contributed by atoms with Crippen LogP contribution in [0.4, 0.5) is 0 Å². The molecule has 4 aliphatic rings. The number of carbonyl (C=O) groups excluding carboxylic acids is 2. The van der Waals surface area contributed by atoms with E-state index in [4.69, 9.17) is 0 Å². The van der Waals surface area contributed by atoms with Gasteiger partial charge < -0.3 is 15.3 Å². The predicted octanol–water partition coefficient (Wildman–Crippen LogP) is 1.80. The van der Waals surface area contributed by atoms with Crippen LogP contribution in [0.2, 0.25) is 0 Å². The number of carbonyl (C=O) groups is 2. The van der Waals surface area contributed by atoms with Crippen molar-refractivity contribution in [3.63, 3.8) is 0 Å². The molecule has 0 aromatic carbocycles. The molecular formula is C22H30O5. The van der Waals surface area contributed by atoms with Gasteiger partial charge in [0.2, 0.25) is 0 Å². The molecule has 4 rings (SSSR count). The lowest BCUT2D eigenvalue weighted by molar-refractivity contribution is -0.183. The highest BCUT2D eigenvalue weighted by molar-refractivity contribution is 6.01. The summed E-state index contributed by atoms with van der Waals surface area (Å²) in [5, 5.41) is 31.9. The quantitative estimate of drug-likeness (QED) is 0.685. The van der Waals surface area contributed by atoms with Crippen LogP contribution >= 0.6 is 0 Å². The van der Waals surface area contributed by atoms with E-state index in [-0.39, 0.29) is 34.9 Å². The molecule has 5 heteroatoms. The van der Waals surface area contributed by atoms with Gasteiger partial charge in [-0.15, -0.1) is 0 Å². The van der Waals surface area contributed by atoms with Gasteiger partial charge in [-0.25, -0.2) is 0 Å². The number of aliphatic hydroxyl groups excluding tert-OH is 2. The van der Waals surface area contributed by atoms with Gasteiger partial charge in [0.25, 0.3) is 0 Å². The Bertz CT molecular complexity index is 754. The third-order valence-electron chi connectivity index (χ3n) is 8.61. The van der Waals surface area contributed by atoms with E-state index in [2.05, 4.69) is 13.8 Å². The number of aliphatic hydroxyl groups is 3. The molecule has 0 heterocycles. The molecule has 2 unspecified atom stereocenters. The standard InChI is InChI=1S/C22H30O5/c1-12-8-13-9-14(24)4-6-20(13,2)19-16(25)10-21(3)15(18(12)19)5-7-22(21,27)17(26)11-23/h4,6,9,12,15-16,18-19,23,25,27H,5,7-8,10-11H2,1-3H3/t12?,15-,16?,18-,19-,20-,21-,22-/m0/s1. The summed E-state index contributed by atoms with van der Waals surface area (Å²) in [6.45, 7) is 5.51. The third kappa shape index (κ3) is 2.28. The van der Waals surface area contributed by atoms with Crippen LogP contribution in [-0.2, 0) is 9.59 Å². The van der Waals surface area contributed by atoms with E-state index in [1.54, 1.807) is 12.2 Å². The number of hydrogen-bond acceptors (Lipinski definition) is 5. The first-order valence-electron chi connectivity index (χ1n) is 10.1. The SMILES string of the molecule is CC1CC2=CC(=O)C=C[C@]2(C)[C@H]2C(O)C[C@@]3(C)[C@@H](CC[C@]3(O)C(=O)CO)[C@H]12. The van der Waals surface area contributed by atoms with Crippen LogP contribution in [0.1, 0.15) is 46.5 Å². The number of allylic oxidation sites excluding steroid dienone is 4. The zero-order valence-corrected chi connectivity index (χ0v) is 16.3. The molecule has 0 spiro atoms. The summed E-state index contributed by atoms with van der Waals surface area (Å²) >= 11 is 0. The van der Waals surface area contributed by atoms with E-state index in [1.807, 2.05) is 13.0 Å². The first kappa shape index (κ1) is 19.0.